The fourth-order valence-corrected chi connectivity index (χ4v) is 10.7. The molecule has 2 aromatic rings. The molecule has 3 N–H and O–H groups in total. The molecule has 0 spiro atoms. The highest BCUT2D eigenvalue weighted by molar-refractivity contribution is 7.90. The minimum Gasteiger partial charge on any atom is -0.378 e. The largest absolute Gasteiger partial charge is 0.450 e. The summed E-state index contributed by atoms with van der Waals surface area (Å²) in [6.07, 6.45) is 5.18. The zero-order valence-corrected chi connectivity index (χ0v) is 40.5. The van der Waals surface area contributed by atoms with E-state index in [1.54, 1.807) is 0 Å². The lowest BCUT2D eigenvalue weighted by Gasteiger charge is -2.35. The lowest BCUT2D eigenvalue weighted by molar-refractivity contribution is -0.247. The van der Waals surface area contributed by atoms with Crippen molar-refractivity contribution in [3.8, 4) is 11.5 Å². The summed E-state index contributed by atoms with van der Waals surface area (Å²) in [6, 6.07) is 9.24. The van der Waals surface area contributed by atoms with Crippen molar-refractivity contribution in [3.05, 3.63) is 60.2 Å². The lowest BCUT2D eigenvalue weighted by atomic mass is 9.84. The van der Waals surface area contributed by atoms with E-state index in [4.69, 9.17) is 13.7 Å². The number of para-hydroxylation sites is 1. The Kier molecular flexibility index (Phi) is 19.4. The van der Waals surface area contributed by atoms with Crippen molar-refractivity contribution < 1.29 is 152 Å². The topological polar surface area (TPSA) is 287 Å². The number of benzene rings is 2. The molecule has 0 aromatic heterocycles. The molecule has 1 aliphatic carbocycles. The zero-order chi connectivity index (χ0) is 58.2. The summed E-state index contributed by atoms with van der Waals surface area (Å²) >= 11 is 0. The number of rotatable bonds is 18. The third-order valence-corrected chi connectivity index (χ3v) is 17.1. The molecule has 1 saturated heterocycles. The highest BCUT2D eigenvalue weighted by Gasteiger charge is 2.85. The quantitative estimate of drug-likeness (QED) is 0.0730. The van der Waals surface area contributed by atoms with Crippen molar-refractivity contribution in [2.75, 3.05) is 13.1 Å². The Labute approximate surface area is 406 Å². The van der Waals surface area contributed by atoms with Gasteiger partial charge in [0.05, 0.1) is 0 Å². The fraction of sp³-hybridized carbons (Fsp3) is 0.625. The predicted octanol–water partition coefficient (Wildman–Crippen LogP) is 7.77. The van der Waals surface area contributed by atoms with E-state index in [0.29, 0.717) is 6.42 Å². The van der Waals surface area contributed by atoms with Gasteiger partial charge in [0.25, 0.3) is 10.0 Å². The third kappa shape index (κ3) is 12.4. The van der Waals surface area contributed by atoms with Crippen molar-refractivity contribution in [2.24, 2.45) is 0 Å². The molecule has 0 radical (unpaired) electrons. The van der Waals surface area contributed by atoms with Gasteiger partial charge >= 0.3 is 99.9 Å². The summed E-state index contributed by atoms with van der Waals surface area (Å²) in [5, 5.41) is -40.1. The number of piperidine rings is 1. The van der Waals surface area contributed by atoms with Crippen LogP contribution in [0.25, 0.3) is 0 Å². The molecule has 0 atom stereocenters. The first-order valence-electron chi connectivity index (χ1n) is 19.1. The van der Waals surface area contributed by atoms with Crippen LogP contribution in [0.2, 0.25) is 0 Å². The van der Waals surface area contributed by atoms with Gasteiger partial charge in [-0.3, -0.25) is 13.7 Å². The molecule has 1 heterocycles. The van der Waals surface area contributed by atoms with Crippen molar-refractivity contribution in [1.82, 2.24) is 4.31 Å². The van der Waals surface area contributed by atoms with E-state index in [0.717, 1.165) is 74.1 Å². The molecule has 4 rings (SSSR count). The maximum Gasteiger partial charge on any atom is 0.450 e. The Morgan fingerprint density at radius 3 is 1.01 bits per heavy atom. The van der Waals surface area contributed by atoms with Gasteiger partial charge in [-0.2, -0.15) is 125 Å². The molecular formula is C32H33F18NO17S6. The smallest absolute Gasteiger partial charge is 0.378 e. The minimum atomic E-state index is -7.08. The van der Waals surface area contributed by atoms with Gasteiger partial charge in [-0.05, 0) is 61.4 Å². The van der Waals surface area contributed by atoms with Crippen LogP contribution in [0.4, 0.5) is 79.0 Å². The second kappa shape index (κ2) is 21.6. The molecule has 1 saturated carbocycles. The van der Waals surface area contributed by atoms with Gasteiger partial charge in [0.1, 0.15) is 11.5 Å². The standard InChI is InChI=1S/C15H16F6O6S2.C9H6F6O6S2.C8H11F6NO5S2/c16-13(17,14(18,19)28(22,23)24)15(20,21)29(25,26)27-12-8-6-11(7-9-12)10-4-2-1-3-5-10;10-7(11,8(12,13)22(16,17)18)9(14,15)23(19,20)21-6-4-2-1-3-5-6;9-6(10,8(13,14)22(18,19)20)7(11,12)21(16,17)15-4-2-1-3-5-15/h6-10H,1-5H2,(H,22,23,24);1-5H,(H,16,17,18);1-5H2,(H,18,19,20). The Balaban J connectivity index is 0.000000385. The van der Waals surface area contributed by atoms with Crippen molar-refractivity contribution in [1.29, 1.82) is 0 Å². The van der Waals surface area contributed by atoms with Gasteiger partial charge in [-0.25, -0.2) is 8.42 Å². The second-order valence-corrected chi connectivity index (χ2v) is 24.5. The molecule has 2 aromatic carbocycles. The van der Waals surface area contributed by atoms with Crippen LogP contribution in [-0.4, -0.2) is 131 Å². The van der Waals surface area contributed by atoms with Gasteiger partial charge in [-0.1, -0.05) is 56.0 Å². The van der Waals surface area contributed by atoms with E-state index in [-0.39, 0.29) is 23.1 Å². The highest BCUT2D eigenvalue weighted by atomic mass is 32.2. The summed E-state index contributed by atoms with van der Waals surface area (Å²) in [5.74, 6) is -22.6. The van der Waals surface area contributed by atoms with Crippen LogP contribution in [0.15, 0.2) is 54.6 Å². The Morgan fingerprint density at radius 2 is 0.689 bits per heavy atom. The van der Waals surface area contributed by atoms with Crippen LogP contribution in [0.3, 0.4) is 0 Å². The van der Waals surface area contributed by atoms with Gasteiger partial charge in [-0.15, -0.1) is 0 Å². The average Bonchev–Trinajstić information content (AvgIpc) is 3.26. The zero-order valence-electron chi connectivity index (χ0n) is 35.6. The number of alkyl halides is 18. The van der Waals surface area contributed by atoms with E-state index in [1.165, 1.54) is 18.2 Å². The Morgan fingerprint density at radius 1 is 0.392 bits per heavy atom. The molecule has 18 nitrogen and oxygen atoms in total. The van der Waals surface area contributed by atoms with E-state index in [2.05, 4.69) is 8.37 Å². The van der Waals surface area contributed by atoms with E-state index >= 15 is 0 Å². The molecule has 1 aliphatic heterocycles. The van der Waals surface area contributed by atoms with Crippen LogP contribution in [-0.2, 0) is 60.6 Å². The maximum absolute atomic E-state index is 13.7. The van der Waals surface area contributed by atoms with Crippen molar-refractivity contribution in [2.45, 2.75) is 107 Å². The van der Waals surface area contributed by atoms with Crippen LogP contribution in [0, 0.1) is 0 Å². The molecule has 42 heteroatoms. The molecule has 74 heavy (non-hydrogen) atoms. The first-order chi connectivity index (χ1) is 32.7. The Bertz CT molecular complexity index is 2980. The van der Waals surface area contributed by atoms with Crippen molar-refractivity contribution >= 4 is 60.6 Å². The molecule has 0 bridgehead atoms. The van der Waals surface area contributed by atoms with Gasteiger partial charge in [0, 0.05) is 13.1 Å². The molecule has 0 unspecified atom stereocenters. The van der Waals surface area contributed by atoms with Crippen LogP contribution in [0.1, 0.15) is 62.8 Å². The fourth-order valence-electron chi connectivity index (χ4n) is 5.80. The van der Waals surface area contributed by atoms with E-state index in [1.807, 2.05) is 0 Å². The number of hydrogen-bond donors (Lipinski definition) is 3. The monoisotopic (exact) mass is 1240 g/mol. The average molecular weight is 1240 g/mol. The van der Waals surface area contributed by atoms with Gasteiger partial charge < -0.3 is 8.37 Å². The lowest BCUT2D eigenvalue weighted by Crippen LogP contribution is -2.63. The summed E-state index contributed by atoms with van der Waals surface area (Å²) in [4.78, 5) is 0. The van der Waals surface area contributed by atoms with Gasteiger partial charge in [0.2, 0.25) is 0 Å². The molecular weight excluding hydrogens is 1200 g/mol. The van der Waals surface area contributed by atoms with E-state index < -0.39 is 134 Å². The second-order valence-electron chi connectivity index (χ2n) is 15.0. The summed E-state index contributed by atoms with van der Waals surface area (Å²) in [7, 11) is -40.9. The number of sulfonamides is 1. The van der Waals surface area contributed by atoms with Crippen LogP contribution >= 0.6 is 0 Å². The molecule has 2 fully saturated rings. The minimum absolute atomic E-state index is 0.0512. The maximum atomic E-state index is 13.7. The number of hydrogen-bond acceptors (Lipinski definition) is 14. The summed E-state index contributed by atoms with van der Waals surface area (Å²) in [5.41, 5.74) is 0.726. The SMILES string of the molecule is O=S(=O)(O)C(F)(F)C(F)(F)C(F)(F)S(=O)(=O)N1CCCCC1.O=S(=O)(O)C(F)(F)C(F)(F)C(F)(F)S(=O)(=O)Oc1ccc(C2CCCCC2)cc1.O=S(=O)(O)C(F)(F)C(F)(F)C(F)(F)S(=O)(=O)Oc1ccccc1. The van der Waals surface area contributed by atoms with E-state index in [9.17, 15) is 130 Å². The van der Waals surface area contributed by atoms with Gasteiger partial charge in [0.15, 0.2) is 0 Å². The summed E-state index contributed by atoms with van der Waals surface area (Å²) < 4.78 is 401. The highest BCUT2D eigenvalue weighted by Crippen LogP contribution is 2.54. The molecule has 0 amide bonds. The molecule has 430 valence electrons. The predicted molar refractivity (Wildman–Crippen MR) is 211 cm³/mol. The number of nitrogens with zero attached hydrogens (tertiary/aromatic N) is 1. The molecule has 2 aliphatic rings. The van der Waals surface area contributed by atoms with Crippen LogP contribution < -0.4 is 8.37 Å². The first-order valence-corrected chi connectivity index (χ1v) is 27.6. The van der Waals surface area contributed by atoms with Crippen LogP contribution in [0.5, 0.6) is 11.5 Å². The summed E-state index contributed by atoms with van der Waals surface area (Å²) in [6.45, 7) is -1.18. The Hall–Kier alpha value is -3.68. The number of halogens is 18. The first kappa shape index (κ1) is 66.4. The third-order valence-electron chi connectivity index (χ3n) is 9.88. The van der Waals surface area contributed by atoms with Crippen molar-refractivity contribution in [3.63, 3.8) is 0 Å². The normalized spacial score (nSPS) is 17.5.